The second kappa shape index (κ2) is 3.72. The van der Waals surface area contributed by atoms with Gasteiger partial charge in [-0.3, -0.25) is 4.79 Å². The molecule has 0 aromatic rings. The van der Waals surface area contributed by atoms with Gasteiger partial charge < -0.3 is 0 Å². The summed E-state index contributed by atoms with van der Waals surface area (Å²) in [6.07, 6.45) is 7.29. The van der Waals surface area contributed by atoms with Crippen molar-refractivity contribution in [1.82, 2.24) is 0 Å². The molecule has 2 atom stereocenters. The van der Waals surface area contributed by atoms with Crippen LogP contribution < -0.4 is 0 Å². The van der Waals surface area contributed by atoms with E-state index >= 15 is 0 Å². The predicted molar refractivity (Wildman–Crippen MR) is 58.0 cm³/mol. The Morgan fingerprint density at radius 1 is 1.43 bits per heavy atom. The lowest BCUT2D eigenvalue weighted by Gasteiger charge is -2.33. The molecule has 14 heavy (non-hydrogen) atoms. The molecule has 0 amide bonds. The second-order valence-corrected chi connectivity index (χ2v) is 4.74. The molecule has 1 nitrogen and oxygen atoms in total. The summed E-state index contributed by atoms with van der Waals surface area (Å²) in [6, 6.07) is 0. The summed E-state index contributed by atoms with van der Waals surface area (Å²) in [7, 11) is 0. The lowest BCUT2D eigenvalue weighted by atomic mass is 9.71. The van der Waals surface area contributed by atoms with Crippen LogP contribution in [0, 0.1) is 11.8 Å². The molecular weight excluding hydrogens is 172 g/mol. The number of fused-ring (bicyclic) bond motifs is 1. The van der Waals surface area contributed by atoms with E-state index in [-0.39, 0.29) is 0 Å². The van der Waals surface area contributed by atoms with Crippen molar-refractivity contribution in [2.24, 2.45) is 11.8 Å². The maximum absolute atomic E-state index is 11.2. The zero-order chi connectivity index (χ0) is 10.1. The van der Waals surface area contributed by atoms with Gasteiger partial charge in [0, 0.05) is 6.42 Å². The number of allylic oxidation sites excluding steroid dienone is 3. The van der Waals surface area contributed by atoms with Crippen LogP contribution in [-0.4, -0.2) is 5.78 Å². The molecule has 2 aliphatic carbocycles. The predicted octanol–water partition coefficient (Wildman–Crippen LogP) is 3.27. The fraction of sp³-hybridized carbons (Fsp3) is 0.615. The molecule has 0 radical (unpaired) electrons. The van der Waals surface area contributed by atoms with E-state index in [0.717, 1.165) is 19.3 Å². The van der Waals surface area contributed by atoms with Gasteiger partial charge in [0.1, 0.15) is 0 Å². The van der Waals surface area contributed by atoms with Gasteiger partial charge in [0.15, 0.2) is 5.78 Å². The van der Waals surface area contributed by atoms with Crippen molar-refractivity contribution in [1.29, 1.82) is 0 Å². The van der Waals surface area contributed by atoms with Gasteiger partial charge in [-0.2, -0.15) is 0 Å². The largest absolute Gasteiger partial charge is 0.295 e. The molecule has 2 unspecified atom stereocenters. The van der Waals surface area contributed by atoms with Crippen LogP contribution in [-0.2, 0) is 4.79 Å². The van der Waals surface area contributed by atoms with Crippen molar-refractivity contribution in [3.05, 3.63) is 23.8 Å². The highest BCUT2D eigenvalue weighted by Crippen LogP contribution is 2.40. The third-order valence-corrected chi connectivity index (χ3v) is 3.66. The molecule has 2 rings (SSSR count). The van der Waals surface area contributed by atoms with Crippen molar-refractivity contribution < 1.29 is 4.79 Å². The zero-order valence-electron chi connectivity index (χ0n) is 8.88. The Labute approximate surface area is 85.9 Å². The molecule has 0 heterocycles. The maximum Gasteiger partial charge on any atom is 0.155 e. The van der Waals surface area contributed by atoms with E-state index in [4.69, 9.17) is 0 Å². The number of carbonyl (C=O) groups is 1. The van der Waals surface area contributed by atoms with E-state index in [1.807, 2.05) is 6.08 Å². The third-order valence-electron chi connectivity index (χ3n) is 3.66. The molecule has 0 saturated heterocycles. The SMILES string of the molecule is C=C(C)C1CCC2=CC(=O)CCC2C1. The zero-order valence-corrected chi connectivity index (χ0v) is 8.88. The van der Waals surface area contributed by atoms with E-state index in [9.17, 15) is 4.79 Å². The van der Waals surface area contributed by atoms with Crippen LogP contribution in [0.3, 0.4) is 0 Å². The Hall–Kier alpha value is -0.850. The van der Waals surface area contributed by atoms with Gasteiger partial charge in [0.2, 0.25) is 0 Å². The van der Waals surface area contributed by atoms with Crippen molar-refractivity contribution in [2.45, 2.75) is 39.0 Å². The van der Waals surface area contributed by atoms with Crippen LogP contribution in [0.1, 0.15) is 39.0 Å². The minimum absolute atomic E-state index is 0.338. The summed E-state index contributed by atoms with van der Waals surface area (Å²) in [4.78, 5) is 11.2. The number of hydrogen-bond acceptors (Lipinski definition) is 1. The molecule has 1 fully saturated rings. The molecular formula is C13H18O. The van der Waals surface area contributed by atoms with E-state index in [1.54, 1.807) is 0 Å². The van der Waals surface area contributed by atoms with Gasteiger partial charge in [-0.05, 0) is 50.5 Å². The Morgan fingerprint density at radius 2 is 2.21 bits per heavy atom. The third kappa shape index (κ3) is 1.82. The summed E-state index contributed by atoms with van der Waals surface area (Å²) in [6.45, 7) is 6.18. The van der Waals surface area contributed by atoms with E-state index in [2.05, 4.69) is 13.5 Å². The van der Waals surface area contributed by atoms with Crippen LogP contribution in [0.15, 0.2) is 23.8 Å². The fourth-order valence-corrected chi connectivity index (χ4v) is 2.69. The van der Waals surface area contributed by atoms with Gasteiger partial charge in [-0.25, -0.2) is 0 Å². The number of ketones is 1. The highest BCUT2D eigenvalue weighted by atomic mass is 16.1. The van der Waals surface area contributed by atoms with Gasteiger partial charge in [0.05, 0.1) is 0 Å². The van der Waals surface area contributed by atoms with Crippen LogP contribution in [0.5, 0.6) is 0 Å². The average Bonchev–Trinajstić information content (AvgIpc) is 2.16. The van der Waals surface area contributed by atoms with Crippen molar-refractivity contribution in [2.75, 3.05) is 0 Å². The fourth-order valence-electron chi connectivity index (χ4n) is 2.69. The topological polar surface area (TPSA) is 17.1 Å². The first kappa shape index (κ1) is 9.70. The van der Waals surface area contributed by atoms with Gasteiger partial charge in [-0.15, -0.1) is 0 Å². The van der Waals surface area contributed by atoms with Crippen LogP contribution in [0.25, 0.3) is 0 Å². The number of rotatable bonds is 1. The lowest BCUT2D eigenvalue weighted by Crippen LogP contribution is -2.23. The van der Waals surface area contributed by atoms with Crippen molar-refractivity contribution in [3.8, 4) is 0 Å². The monoisotopic (exact) mass is 190 g/mol. The van der Waals surface area contributed by atoms with E-state index in [0.29, 0.717) is 17.6 Å². The van der Waals surface area contributed by atoms with Crippen LogP contribution >= 0.6 is 0 Å². The summed E-state index contributed by atoms with van der Waals surface area (Å²) in [5.74, 6) is 1.72. The normalized spacial score (nSPS) is 32.1. The first-order valence-corrected chi connectivity index (χ1v) is 5.55. The summed E-state index contributed by atoms with van der Waals surface area (Å²) in [5.41, 5.74) is 2.74. The molecule has 0 aromatic heterocycles. The Kier molecular flexibility index (Phi) is 2.58. The first-order chi connectivity index (χ1) is 6.66. The van der Waals surface area contributed by atoms with Gasteiger partial charge in [-0.1, -0.05) is 17.7 Å². The molecule has 0 N–H and O–H groups in total. The molecule has 76 valence electrons. The quantitative estimate of drug-likeness (QED) is 0.580. The molecule has 2 aliphatic rings. The molecule has 1 heteroatoms. The van der Waals surface area contributed by atoms with Crippen LogP contribution in [0.2, 0.25) is 0 Å². The lowest BCUT2D eigenvalue weighted by molar-refractivity contribution is -0.115. The first-order valence-electron chi connectivity index (χ1n) is 5.55. The molecule has 0 aromatic carbocycles. The highest BCUT2D eigenvalue weighted by molar-refractivity contribution is 5.91. The highest BCUT2D eigenvalue weighted by Gasteiger charge is 2.29. The molecule has 1 saturated carbocycles. The minimum atomic E-state index is 0.338. The van der Waals surface area contributed by atoms with Crippen molar-refractivity contribution >= 4 is 5.78 Å². The smallest absolute Gasteiger partial charge is 0.155 e. The molecule has 0 spiro atoms. The Morgan fingerprint density at radius 3 is 2.93 bits per heavy atom. The minimum Gasteiger partial charge on any atom is -0.295 e. The Balaban J connectivity index is 2.09. The molecule has 0 bridgehead atoms. The van der Waals surface area contributed by atoms with Gasteiger partial charge in [0.25, 0.3) is 0 Å². The average molecular weight is 190 g/mol. The summed E-state index contributed by atoms with van der Waals surface area (Å²) >= 11 is 0. The second-order valence-electron chi connectivity index (χ2n) is 4.74. The van der Waals surface area contributed by atoms with Crippen molar-refractivity contribution in [3.63, 3.8) is 0 Å². The van der Waals surface area contributed by atoms with Gasteiger partial charge >= 0.3 is 0 Å². The number of hydrogen-bond donors (Lipinski definition) is 0. The van der Waals surface area contributed by atoms with E-state index < -0.39 is 0 Å². The molecule has 0 aliphatic heterocycles. The summed E-state index contributed by atoms with van der Waals surface area (Å²) in [5, 5.41) is 0. The van der Waals surface area contributed by atoms with Crippen LogP contribution in [0.4, 0.5) is 0 Å². The van der Waals surface area contributed by atoms with E-state index in [1.165, 1.54) is 24.0 Å². The number of carbonyl (C=O) groups excluding carboxylic acids is 1. The maximum atomic E-state index is 11.2. The standard InChI is InChI=1S/C13H18O/c1-9(2)10-3-4-12-8-13(14)6-5-11(12)7-10/h8,10-11H,1,3-7H2,2H3. The summed E-state index contributed by atoms with van der Waals surface area (Å²) < 4.78 is 0. The Bertz CT molecular complexity index is 298.